The van der Waals surface area contributed by atoms with Crippen LogP contribution in [0.25, 0.3) is 0 Å². The Labute approximate surface area is 164 Å². The van der Waals surface area contributed by atoms with Crippen LogP contribution in [0.1, 0.15) is 18.0 Å². The molecular formula is C21H25FN4O2. The molecule has 2 aliphatic rings. The molecule has 2 N–H and O–H groups in total. The smallest absolute Gasteiger partial charge is 0.241 e. The van der Waals surface area contributed by atoms with Gasteiger partial charge in [-0.05, 0) is 36.2 Å². The minimum Gasteiger partial charge on any atom is -0.495 e. The molecule has 0 radical (unpaired) electrons. The summed E-state index contributed by atoms with van der Waals surface area (Å²) in [6.07, 6.45) is 0.650. The minimum absolute atomic E-state index is 0.00409. The van der Waals surface area contributed by atoms with Gasteiger partial charge in [-0.3, -0.25) is 4.79 Å². The molecule has 2 aliphatic heterocycles. The Balaban J connectivity index is 1.34. The molecule has 1 amide bonds. The highest BCUT2D eigenvalue weighted by atomic mass is 19.1. The van der Waals surface area contributed by atoms with Gasteiger partial charge >= 0.3 is 0 Å². The SMILES string of the molecule is COc1ccccc1N1CCN(C(=O)C2CC(c3ccc(F)cc3)NN2)CC1. The van der Waals surface area contributed by atoms with Crippen molar-refractivity contribution in [1.82, 2.24) is 15.8 Å². The molecule has 28 heavy (non-hydrogen) atoms. The molecule has 2 aromatic rings. The van der Waals surface area contributed by atoms with E-state index >= 15 is 0 Å². The van der Waals surface area contributed by atoms with Crippen LogP contribution in [-0.4, -0.2) is 50.1 Å². The molecule has 2 saturated heterocycles. The number of rotatable bonds is 4. The predicted octanol–water partition coefficient (Wildman–Crippen LogP) is 2.09. The molecule has 2 heterocycles. The van der Waals surface area contributed by atoms with Gasteiger partial charge in [0.15, 0.2) is 0 Å². The number of carbonyl (C=O) groups excluding carboxylic acids is 1. The Morgan fingerprint density at radius 2 is 1.75 bits per heavy atom. The summed E-state index contributed by atoms with van der Waals surface area (Å²) in [6.45, 7) is 2.90. The third-order valence-electron chi connectivity index (χ3n) is 5.49. The predicted molar refractivity (Wildman–Crippen MR) is 106 cm³/mol. The van der Waals surface area contributed by atoms with Gasteiger partial charge in [0.1, 0.15) is 17.6 Å². The molecule has 2 aromatic carbocycles. The summed E-state index contributed by atoms with van der Waals surface area (Å²) in [5.74, 6) is 0.707. The van der Waals surface area contributed by atoms with E-state index in [1.807, 2.05) is 29.2 Å². The summed E-state index contributed by atoms with van der Waals surface area (Å²) < 4.78 is 18.6. The minimum atomic E-state index is -0.270. The van der Waals surface area contributed by atoms with E-state index in [1.165, 1.54) is 12.1 Å². The van der Waals surface area contributed by atoms with Crippen LogP contribution in [0.5, 0.6) is 5.75 Å². The van der Waals surface area contributed by atoms with Crippen molar-refractivity contribution >= 4 is 11.6 Å². The number of hydrazine groups is 1. The summed E-state index contributed by atoms with van der Waals surface area (Å²) in [7, 11) is 1.68. The maximum absolute atomic E-state index is 13.1. The quantitative estimate of drug-likeness (QED) is 0.846. The Morgan fingerprint density at radius 1 is 1.04 bits per heavy atom. The number of anilines is 1. The average molecular weight is 384 g/mol. The number of nitrogens with one attached hydrogen (secondary N) is 2. The summed E-state index contributed by atoms with van der Waals surface area (Å²) >= 11 is 0. The Hall–Kier alpha value is -2.64. The largest absolute Gasteiger partial charge is 0.495 e. The van der Waals surface area contributed by atoms with E-state index in [0.29, 0.717) is 19.5 Å². The summed E-state index contributed by atoms with van der Waals surface area (Å²) in [5.41, 5.74) is 8.32. The van der Waals surface area contributed by atoms with Crippen molar-refractivity contribution in [2.45, 2.75) is 18.5 Å². The molecule has 6 nitrogen and oxygen atoms in total. The molecular weight excluding hydrogens is 359 g/mol. The highest BCUT2D eigenvalue weighted by molar-refractivity contribution is 5.82. The van der Waals surface area contributed by atoms with Crippen molar-refractivity contribution < 1.29 is 13.9 Å². The number of methoxy groups -OCH3 is 1. The highest BCUT2D eigenvalue weighted by Gasteiger charge is 2.34. The van der Waals surface area contributed by atoms with Gasteiger partial charge in [0.2, 0.25) is 5.91 Å². The van der Waals surface area contributed by atoms with Crippen LogP contribution in [-0.2, 0) is 4.79 Å². The summed E-state index contributed by atoms with van der Waals surface area (Å²) in [6, 6.07) is 14.1. The van der Waals surface area contributed by atoms with Crippen LogP contribution in [0.2, 0.25) is 0 Å². The van der Waals surface area contributed by atoms with Crippen LogP contribution < -0.4 is 20.5 Å². The van der Waals surface area contributed by atoms with Gasteiger partial charge in [0.05, 0.1) is 12.8 Å². The molecule has 2 atom stereocenters. The van der Waals surface area contributed by atoms with Gasteiger partial charge in [0.25, 0.3) is 0 Å². The Kier molecular flexibility index (Phi) is 5.45. The van der Waals surface area contributed by atoms with Gasteiger partial charge in [-0.15, -0.1) is 0 Å². The number of ether oxygens (including phenoxy) is 1. The fraction of sp³-hybridized carbons (Fsp3) is 0.381. The average Bonchev–Trinajstić information content (AvgIpc) is 3.24. The van der Waals surface area contributed by atoms with E-state index in [-0.39, 0.29) is 23.8 Å². The topological polar surface area (TPSA) is 56.8 Å². The van der Waals surface area contributed by atoms with Crippen molar-refractivity contribution in [3.05, 3.63) is 59.9 Å². The number of nitrogens with zero attached hydrogens (tertiary/aromatic N) is 2. The molecule has 7 heteroatoms. The summed E-state index contributed by atoms with van der Waals surface area (Å²) in [4.78, 5) is 17.1. The van der Waals surface area contributed by atoms with Crippen molar-refractivity contribution in [3.63, 3.8) is 0 Å². The lowest BCUT2D eigenvalue weighted by Crippen LogP contribution is -2.53. The van der Waals surface area contributed by atoms with Gasteiger partial charge in [-0.1, -0.05) is 24.3 Å². The fourth-order valence-electron chi connectivity index (χ4n) is 3.91. The van der Waals surface area contributed by atoms with Crippen LogP contribution >= 0.6 is 0 Å². The van der Waals surface area contributed by atoms with E-state index in [4.69, 9.17) is 4.74 Å². The van der Waals surface area contributed by atoms with Gasteiger partial charge in [-0.2, -0.15) is 0 Å². The van der Waals surface area contributed by atoms with E-state index in [2.05, 4.69) is 15.8 Å². The zero-order valence-electron chi connectivity index (χ0n) is 15.9. The Bertz CT molecular complexity index is 821. The number of piperazine rings is 1. The second-order valence-electron chi connectivity index (χ2n) is 7.17. The zero-order valence-corrected chi connectivity index (χ0v) is 15.9. The zero-order chi connectivity index (χ0) is 19.5. The third-order valence-corrected chi connectivity index (χ3v) is 5.49. The first kappa shape index (κ1) is 18.7. The van der Waals surface area contributed by atoms with Crippen LogP contribution in [0.3, 0.4) is 0 Å². The van der Waals surface area contributed by atoms with Crippen LogP contribution in [0.15, 0.2) is 48.5 Å². The first-order valence-corrected chi connectivity index (χ1v) is 9.59. The standard InChI is InChI=1S/C21H25FN4O2/c1-28-20-5-3-2-4-19(20)25-10-12-26(13-11-25)21(27)18-14-17(23-24-18)15-6-8-16(22)9-7-15/h2-9,17-18,23-24H,10-14H2,1H3. The first-order chi connectivity index (χ1) is 13.7. The first-order valence-electron chi connectivity index (χ1n) is 9.59. The van der Waals surface area contributed by atoms with E-state index in [9.17, 15) is 9.18 Å². The van der Waals surface area contributed by atoms with Crippen LogP contribution in [0.4, 0.5) is 10.1 Å². The van der Waals surface area contributed by atoms with E-state index in [1.54, 1.807) is 19.2 Å². The maximum atomic E-state index is 13.1. The molecule has 0 aliphatic carbocycles. The number of hydrogen-bond acceptors (Lipinski definition) is 5. The van der Waals surface area contributed by atoms with Crippen molar-refractivity contribution in [3.8, 4) is 5.75 Å². The van der Waals surface area contributed by atoms with E-state index < -0.39 is 0 Å². The van der Waals surface area contributed by atoms with Crippen molar-refractivity contribution in [2.75, 3.05) is 38.2 Å². The number of benzene rings is 2. The molecule has 0 saturated carbocycles. The molecule has 0 aromatic heterocycles. The number of hydrogen-bond donors (Lipinski definition) is 2. The lowest BCUT2D eigenvalue weighted by atomic mass is 10.0. The molecule has 0 spiro atoms. The fourth-order valence-corrected chi connectivity index (χ4v) is 3.91. The van der Waals surface area contributed by atoms with Crippen molar-refractivity contribution in [2.24, 2.45) is 0 Å². The normalized spacial score (nSPS) is 22.4. The summed E-state index contributed by atoms with van der Waals surface area (Å²) in [5, 5.41) is 0. The van der Waals surface area contributed by atoms with Gasteiger partial charge in [-0.25, -0.2) is 15.2 Å². The Morgan fingerprint density at radius 3 is 2.46 bits per heavy atom. The third kappa shape index (κ3) is 3.81. The second-order valence-corrected chi connectivity index (χ2v) is 7.17. The second kappa shape index (κ2) is 8.16. The lowest BCUT2D eigenvalue weighted by molar-refractivity contribution is -0.133. The number of halogens is 1. The number of carbonyl (C=O) groups is 1. The highest BCUT2D eigenvalue weighted by Crippen LogP contribution is 2.29. The lowest BCUT2D eigenvalue weighted by Gasteiger charge is -2.37. The van der Waals surface area contributed by atoms with Crippen LogP contribution in [0, 0.1) is 5.82 Å². The monoisotopic (exact) mass is 384 g/mol. The maximum Gasteiger partial charge on any atom is 0.241 e. The molecule has 2 fully saturated rings. The number of para-hydroxylation sites is 2. The molecule has 148 valence electrons. The molecule has 4 rings (SSSR count). The van der Waals surface area contributed by atoms with Crippen molar-refractivity contribution in [1.29, 1.82) is 0 Å². The van der Waals surface area contributed by atoms with Gasteiger partial charge < -0.3 is 14.5 Å². The molecule has 0 bridgehead atoms. The van der Waals surface area contributed by atoms with E-state index in [0.717, 1.165) is 30.1 Å². The molecule has 2 unspecified atom stereocenters. The van der Waals surface area contributed by atoms with Gasteiger partial charge in [0, 0.05) is 32.2 Å². The number of amides is 1.